The van der Waals surface area contributed by atoms with Crippen molar-refractivity contribution in [2.75, 3.05) is 5.33 Å². The van der Waals surface area contributed by atoms with Gasteiger partial charge in [0.15, 0.2) is 0 Å². The van der Waals surface area contributed by atoms with Gasteiger partial charge >= 0.3 is 0 Å². The smallest absolute Gasteiger partial charge is 0.251 e. The van der Waals surface area contributed by atoms with Crippen molar-refractivity contribution in [3.05, 3.63) is 46.4 Å². The summed E-state index contributed by atoms with van der Waals surface area (Å²) in [5, 5.41) is 6.39. The van der Waals surface area contributed by atoms with Gasteiger partial charge in [-0.2, -0.15) is 0 Å². The quantitative estimate of drug-likeness (QED) is 0.716. The molecule has 1 aliphatic carbocycles. The Hall–Kier alpha value is -0.870. The van der Waals surface area contributed by atoms with Crippen LogP contribution in [0.4, 0.5) is 0 Å². The molecule has 0 aromatic heterocycles. The van der Waals surface area contributed by atoms with Gasteiger partial charge < -0.3 is 5.32 Å². The van der Waals surface area contributed by atoms with Gasteiger partial charge in [-0.1, -0.05) is 50.4 Å². The van der Waals surface area contributed by atoms with Crippen LogP contribution in [-0.2, 0) is 0 Å². The average molecular weight is 411 g/mol. The number of alkyl halides is 1. The minimum Gasteiger partial charge on any atom is -0.349 e. The van der Waals surface area contributed by atoms with Gasteiger partial charge in [0.2, 0.25) is 0 Å². The molecule has 0 radical (unpaired) electrons. The van der Waals surface area contributed by atoms with Crippen LogP contribution in [0, 0.1) is 5.92 Å². The molecule has 2 atom stereocenters. The summed E-state index contributed by atoms with van der Waals surface area (Å²) in [6, 6.07) is 12.3. The molecule has 4 heteroatoms. The van der Waals surface area contributed by atoms with Crippen LogP contribution < -0.4 is 5.32 Å². The lowest BCUT2D eigenvalue weighted by Crippen LogP contribution is -2.37. The molecule has 0 spiro atoms. The number of benzene rings is 2. The van der Waals surface area contributed by atoms with Crippen molar-refractivity contribution >= 4 is 48.5 Å². The molecule has 3 rings (SSSR count). The van der Waals surface area contributed by atoms with E-state index in [-0.39, 0.29) is 5.91 Å². The lowest BCUT2D eigenvalue weighted by atomic mass is 10.0. The first-order valence-corrected chi connectivity index (χ1v) is 9.15. The maximum absolute atomic E-state index is 12.4. The second kappa shape index (κ2) is 6.49. The fraction of sp³-hybridized carbons (Fsp3) is 0.353. The number of fused-ring (bicyclic) bond motifs is 1. The molecule has 0 heterocycles. The van der Waals surface area contributed by atoms with Crippen LogP contribution in [0.3, 0.4) is 0 Å². The maximum atomic E-state index is 12.4. The van der Waals surface area contributed by atoms with E-state index in [0.29, 0.717) is 12.0 Å². The monoisotopic (exact) mass is 409 g/mol. The van der Waals surface area contributed by atoms with Gasteiger partial charge in [-0.3, -0.25) is 4.79 Å². The number of rotatable bonds is 3. The van der Waals surface area contributed by atoms with E-state index >= 15 is 0 Å². The number of halogens is 2. The van der Waals surface area contributed by atoms with E-state index in [1.165, 1.54) is 12.8 Å². The van der Waals surface area contributed by atoms with Gasteiger partial charge in [-0.05, 0) is 53.8 Å². The van der Waals surface area contributed by atoms with Crippen molar-refractivity contribution in [3.63, 3.8) is 0 Å². The van der Waals surface area contributed by atoms with Gasteiger partial charge in [-0.25, -0.2) is 0 Å². The molecule has 21 heavy (non-hydrogen) atoms. The highest BCUT2D eigenvalue weighted by molar-refractivity contribution is 9.10. The molecule has 110 valence electrons. The van der Waals surface area contributed by atoms with Crippen LogP contribution in [0.2, 0.25) is 0 Å². The summed E-state index contributed by atoms with van der Waals surface area (Å²) >= 11 is 7.02. The zero-order valence-corrected chi connectivity index (χ0v) is 14.8. The van der Waals surface area contributed by atoms with Gasteiger partial charge in [-0.15, -0.1) is 0 Å². The van der Waals surface area contributed by atoms with Crippen LogP contribution in [0.1, 0.15) is 29.6 Å². The first-order valence-electron chi connectivity index (χ1n) is 7.23. The largest absolute Gasteiger partial charge is 0.349 e. The van der Waals surface area contributed by atoms with Crippen LogP contribution in [0.25, 0.3) is 10.8 Å². The predicted octanol–water partition coefficient (Wildman–Crippen LogP) is 4.90. The van der Waals surface area contributed by atoms with Crippen LogP contribution >= 0.6 is 31.9 Å². The van der Waals surface area contributed by atoms with Crippen molar-refractivity contribution in [3.8, 4) is 0 Å². The number of carbonyl (C=O) groups excluding carboxylic acids is 1. The zero-order chi connectivity index (χ0) is 14.8. The summed E-state index contributed by atoms with van der Waals surface area (Å²) in [6.07, 6.45) is 3.48. The van der Waals surface area contributed by atoms with Gasteiger partial charge in [0, 0.05) is 21.4 Å². The van der Waals surface area contributed by atoms with Crippen molar-refractivity contribution in [1.82, 2.24) is 5.32 Å². The standard InChI is InChI=1S/C17H17Br2NO/c18-10-14-2-1-3-16(14)20-17(21)13-5-4-12-9-15(19)7-6-11(12)8-13/h4-9,14,16H,1-3,10H2,(H,20,21). The fourth-order valence-electron chi connectivity index (χ4n) is 3.02. The Labute approximate surface area is 141 Å². The van der Waals surface area contributed by atoms with E-state index in [0.717, 1.165) is 32.6 Å². The first kappa shape index (κ1) is 15.0. The SMILES string of the molecule is O=C(NC1CCCC1CBr)c1ccc2cc(Br)ccc2c1. The van der Waals surface area contributed by atoms with E-state index in [1.807, 2.05) is 30.3 Å². The molecule has 1 amide bonds. The lowest BCUT2D eigenvalue weighted by molar-refractivity contribution is 0.0930. The second-order valence-electron chi connectivity index (χ2n) is 5.63. The average Bonchev–Trinajstić information content (AvgIpc) is 2.93. The summed E-state index contributed by atoms with van der Waals surface area (Å²) in [5.74, 6) is 0.600. The second-order valence-corrected chi connectivity index (χ2v) is 7.19. The van der Waals surface area contributed by atoms with Gasteiger partial charge in [0.1, 0.15) is 0 Å². The summed E-state index contributed by atoms with van der Waals surface area (Å²) in [5.41, 5.74) is 0.741. The maximum Gasteiger partial charge on any atom is 0.251 e. The molecule has 2 nitrogen and oxygen atoms in total. The van der Waals surface area contributed by atoms with Crippen molar-refractivity contribution < 1.29 is 4.79 Å². The number of carbonyl (C=O) groups is 1. The zero-order valence-electron chi connectivity index (χ0n) is 11.6. The van der Waals surface area contributed by atoms with Gasteiger partial charge in [0.05, 0.1) is 0 Å². The Kier molecular flexibility index (Phi) is 4.65. The lowest BCUT2D eigenvalue weighted by Gasteiger charge is -2.19. The molecule has 2 unspecified atom stereocenters. The normalized spacial score (nSPS) is 21.6. The van der Waals surface area contributed by atoms with E-state index in [4.69, 9.17) is 0 Å². The Morgan fingerprint density at radius 2 is 1.90 bits per heavy atom. The Morgan fingerprint density at radius 1 is 1.14 bits per heavy atom. The van der Waals surface area contributed by atoms with Crippen molar-refractivity contribution in [2.24, 2.45) is 5.92 Å². The third kappa shape index (κ3) is 3.32. The topological polar surface area (TPSA) is 29.1 Å². The summed E-state index contributed by atoms with van der Waals surface area (Å²) in [6.45, 7) is 0. The summed E-state index contributed by atoms with van der Waals surface area (Å²) < 4.78 is 1.05. The third-order valence-corrected chi connectivity index (χ3v) is 5.56. The van der Waals surface area contributed by atoms with Crippen molar-refractivity contribution in [2.45, 2.75) is 25.3 Å². The molecule has 1 saturated carbocycles. The minimum atomic E-state index is 0.0395. The Bertz CT molecular complexity index is 671. The molecule has 0 aliphatic heterocycles. The van der Waals surface area contributed by atoms with Crippen LogP contribution in [0.5, 0.6) is 0 Å². The molecule has 1 aliphatic rings. The van der Waals surface area contributed by atoms with Gasteiger partial charge in [0.25, 0.3) is 5.91 Å². The minimum absolute atomic E-state index is 0.0395. The molecule has 1 N–H and O–H groups in total. The van der Waals surface area contributed by atoms with E-state index in [1.54, 1.807) is 0 Å². The first-order chi connectivity index (χ1) is 10.2. The number of amides is 1. The number of hydrogen-bond donors (Lipinski definition) is 1. The highest BCUT2D eigenvalue weighted by Crippen LogP contribution is 2.27. The fourth-order valence-corrected chi connectivity index (χ4v) is 4.17. The van der Waals surface area contributed by atoms with E-state index in [2.05, 4.69) is 43.2 Å². The van der Waals surface area contributed by atoms with Crippen molar-refractivity contribution in [1.29, 1.82) is 0 Å². The molecule has 0 saturated heterocycles. The molecule has 2 aromatic rings. The highest BCUT2D eigenvalue weighted by atomic mass is 79.9. The molecule has 0 bridgehead atoms. The summed E-state index contributed by atoms with van der Waals surface area (Å²) in [4.78, 5) is 12.4. The molecular formula is C17H17Br2NO. The van der Waals surface area contributed by atoms with E-state index in [9.17, 15) is 4.79 Å². The summed E-state index contributed by atoms with van der Waals surface area (Å²) in [7, 11) is 0. The van der Waals surface area contributed by atoms with E-state index < -0.39 is 0 Å². The molecule has 2 aromatic carbocycles. The van der Waals surface area contributed by atoms with Crippen LogP contribution in [-0.4, -0.2) is 17.3 Å². The molecular weight excluding hydrogens is 394 g/mol. The molecule has 1 fully saturated rings. The number of nitrogens with one attached hydrogen (secondary N) is 1. The van der Waals surface area contributed by atoms with Crippen LogP contribution in [0.15, 0.2) is 40.9 Å². The number of hydrogen-bond acceptors (Lipinski definition) is 1. The predicted molar refractivity (Wildman–Crippen MR) is 94.0 cm³/mol. The Morgan fingerprint density at radius 3 is 2.71 bits per heavy atom. The Balaban J connectivity index is 1.79. The highest BCUT2D eigenvalue weighted by Gasteiger charge is 2.27. The third-order valence-electron chi connectivity index (χ3n) is 4.24.